The summed E-state index contributed by atoms with van der Waals surface area (Å²) >= 11 is 0. The van der Waals surface area contributed by atoms with Crippen molar-refractivity contribution in [3.63, 3.8) is 0 Å². The van der Waals surface area contributed by atoms with Crippen molar-refractivity contribution in [3.8, 4) is 5.75 Å². The fourth-order valence-corrected chi connectivity index (χ4v) is 1.71. The number of unbranched alkanes of at least 4 members (excludes halogenated alkanes) is 2. The topological polar surface area (TPSA) is 55.5 Å². The molecule has 0 saturated carbocycles. The SMILES string of the molecule is CC[C@H](N)c1ccccc1OCCCCCO. The van der Waals surface area contributed by atoms with E-state index < -0.39 is 0 Å². The van der Waals surface area contributed by atoms with Crippen LogP contribution in [0.5, 0.6) is 5.75 Å². The van der Waals surface area contributed by atoms with Crippen molar-refractivity contribution < 1.29 is 9.84 Å². The van der Waals surface area contributed by atoms with Crippen molar-refractivity contribution in [2.24, 2.45) is 5.73 Å². The fourth-order valence-electron chi connectivity index (χ4n) is 1.71. The lowest BCUT2D eigenvalue weighted by molar-refractivity contribution is 0.265. The highest BCUT2D eigenvalue weighted by molar-refractivity contribution is 5.35. The maximum Gasteiger partial charge on any atom is 0.124 e. The lowest BCUT2D eigenvalue weighted by Gasteiger charge is -2.15. The molecule has 17 heavy (non-hydrogen) atoms. The zero-order valence-corrected chi connectivity index (χ0v) is 10.6. The van der Waals surface area contributed by atoms with E-state index in [9.17, 15) is 0 Å². The predicted molar refractivity (Wildman–Crippen MR) is 70.1 cm³/mol. The van der Waals surface area contributed by atoms with E-state index >= 15 is 0 Å². The van der Waals surface area contributed by atoms with Gasteiger partial charge >= 0.3 is 0 Å². The predicted octanol–water partition coefficient (Wildman–Crippen LogP) is 2.64. The average molecular weight is 237 g/mol. The van der Waals surface area contributed by atoms with Crippen LogP contribution in [0.3, 0.4) is 0 Å². The van der Waals surface area contributed by atoms with Crippen LogP contribution in [0.25, 0.3) is 0 Å². The highest BCUT2D eigenvalue weighted by atomic mass is 16.5. The van der Waals surface area contributed by atoms with Crippen molar-refractivity contribution in [2.75, 3.05) is 13.2 Å². The molecule has 0 amide bonds. The molecule has 0 bridgehead atoms. The number of aliphatic hydroxyl groups is 1. The van der Waals surface area contributed by atoms with Gasteiger partial charge in [0.2, 0.25) is 0 Å². The summed E-state index contributed by atoms with van der Waals surface area (Å²) in [6.07, 6.45) is 3.72. The van der Waals surface area contributed by atoms with E-state index in [-0.39, 0.29) is 12.6 Å². The molecule has 0 fully saturated rings. The summed E-state index contributed by atoms with van der Waals surface area (Å²) in [4.78, 5) is 0. The van der Waals surface area contributed by atoms with Gasteiger partial charge in [-0.25, -0.2) is 0 Å². The molecule has 96 valence electrons. The van der Waals surface area contributed by atoms with E-state index in [0.717, 1.165) is 37.0 Å². The Balaban J connectivity index is 2.46. The zero-order chi connectivity index (χ0) is 12.5. The first-order chi connectivity index (χ1) is 8.29. The second kappa shape index (κ2) is 8.09. The van der Waals surface area contributed by atoms with E-state index in [0.29, 0.717) is 6.61 Å². The molecule has 1 aromatic rings. The molecule has 0 saturated heterocycles. The van der Waals surface area contributed by atoms with Crippen LogP contribution in [0.1, 0.15) is 44.2 Å². The molecule has 0 radical (unpaired) electrons. The molecule has 3 nitrogen and oxygen atoms in total. The average Bonchev–Trinajstić information content (AvgIpc) is 2.38. The van der Waals surface area contributed by atoms with Crippen molar-refractivity contribution in [1.29, 1.82) is 0 Å². The summed E-state index contributed by atoms with van der Waals surface area (Å²) in [6, 6.07) is 8.00. The van der Waals surface area contributed by atoms with Crippen LogP contribution in [-0.4, -0.2) is 18.3 Å². The summed E-state index contributed by atoms with van der Waals surface area (Å²) in [5.41, 5.74) is 7.11. The second-order valence-corrected chi connectivity index (χ2v) is 4.19. The second-order valence-electron chi connectivity index (χ2n) is 4.19. The summed E-state index contributed by atoms with van der Waals surface area (Å²) in [5.74, 6) is 0.894. The first-order valence-corrected chi connectivity index (χ1v) is 6.37. The lowest BCUT2D eigenvalue weighted by Crippen LogP contribution is -2.11. The molecule has 0 aliphatic rings. The Bertz CT molecular complexity index is 315. The van der Waals surface area contributed by atoms with Crippen LogP contribution in [-0.2, 0) is 0 Å². The number of nitrogens with two attached hydrogens (primary N) is 1. The molecule has 0 aromatic heterocycles. The van der Waals surface area contributed by atoms with Crippen molar-refractivity contribution in [1.82, 2.24) is 0 Å². The smallest absolute Gasteiger partial charge is 0.124 e. The summed E-state index contributed by atoms with van der Waals surface area (Å²) in [5, 5.41) is 8.67. The van der Waals surface area contributed by atoms with Crippen LogP contribution < -0.4 is 10.5 Å². The van der Waals surface area contributed by atoms with Crippen molar-refractivity contribution in [3.05, 3.63) is 29.8 Å². The van der Waals surface area contributed by atoms with E-state index in [1.165, 1.54) is 0 Å². The minimum absolute atomic E-state index is 0.0450. The van der Waals surface area contributed by atoms with Gasteiger partial charge in [-0.15, -0.1) is 0 Å². The Morgan fingerprint density at radius 3 is 2.71 bits per heavy atom. The van der Waals surface area contributed by atoms with Crippen molar-refractivity contribution in [2.45, 2.75) is 38.6 Å². The van der Waals surface area contributed by atoms with Gasteiger partial charge in [-0.2, -0.15) is 0 Å². The quantitative estimate of drug-likeness (QED) is 0.683. The molecule has 1 atom stereocenters. The van der Waals surface area contributed by atoms with Crippen LogP contribution in [0.15, 0.2) is 24.3 Å². The zero-order valence-electron chi connectivity index (χ0n) is 10.6. The Kier molecular flexibility index (Phi) is 6.67. The molecule has 3 heteroatoms. The number of hydrogen-bond donors (Lipinski definition) is 2. The summed E-state index contributed by atoms with van der Waals surface area (Å²) in [7, 11) is 0. The first-order valence-electron chi connectivity index (χ1n) is 6.37. The maximum atomic E-state index is 8.67. The van der Waals surface area contributed by atoms with Gasteiger partial charge in [0.1, 0.15) is 5.75 Å². The van der Waals surface area contributed by atoms with Crippen LogP contribution in [0.2, 0.25) is 0 Å². The van der Waals surface area contributed by atoms with Gasteiger partial charge in [0.15, 0.2) is 0 Å². The third kappa shape index (κ3) is 4.75. The Hall–Kier alpha value is -1.06. The molecular weight excluding hydrogens is 214 g/mol. The van der Waals surface area contributed by atoms with Gasteiger partial charge in [-0.05, 0) is 31.7 Å². The molecule has 3 N–H and O–H groups in total. The van der Waals surface area contributed by atoms with Gasteiger partial charge in [0.05, 0.1) is 6.61 Å². The minimum atomic E-state index is 0.0450. The lowest BCUT2D eigenvalue weighted by atomic mass is 10.0. The number of aliphatic hydroxyl groups excluding tert-OH is 1. The molecule has 0 unspecified atom stereocenters. The van der Waals surface area contributed by atoms with E-state index in [2.05, 4.69) is 6.92 Å². The van der Waals surface area contributed by atoms with Gasteiger partial charge in [0.25, 0.3) is 0 Å². The Morgan fingerprint density at radius 1 is 1.24 bits per heavy atom. The van der Waals surface area contributed by atoms with E-state index in [1.54, 1.807) is 0 Å². The maximum absolute atomic E-state index is 8.67. The van der Waals surface area contributed by atoms with Gasteiger partial charge in [0, 0.05) is 18.2 Å². The number of ether oxygens (including phenoxy) is 1. The van der Waals surface area contributed by atoms with Gasteiger partial charge in [-0.1, -0.05) is 25.1 Å². The fraction of sp³-hybridized carbons (Fsp3) is 0.571. The summed E-state index contributed by atoms with van der Waals surface area (Å²) < 4.78 is 5.75. The third-order valence-electron chi connectivity index (χ3n) is 2.82. The van der Waals surface area contributed by atoms with Crippen LogP contribution in [0, 0.1) is 0 Å². The van der Waals surface area contributed by atoms with Gasteiger partial charge < -0.3 is 15.6 Å². The molecule has 0 heterocycles. The Labute approximate surface area is 104 Å². The van der Waals surface area contributed by atoms with Crippen LogP contribution >= 0.6 is 0 Å². The van der Waals surface area contributed by atoms with Gasteiger partial charge in [-0.3, -0.25) is 0 Å². The monoisotopic (exact) mass is 237 g/mol. The largest absolute Gasteiger partial charge is 0.493 e. The normalized spacial score (nSPS) is 12.4. The molecule has 0 spiro atoms. The minimum Gasteiger partial charge on any atom is -0.493 e. The highest BCUT2D eigenvalue weighted by Crippen LogP contribution is 2.25. The highest BCUT2D eigenvalue weighted by Gasteiger charge is 2.09. The van der Waals surface area contributed by atoms with Crippen molar-refractivity contribution >= 4 is 0 Å². The molecule has 0 aliphatic carbocycles. The molecule has 1 aromatic carbocycles. The standard InChI is InChI=1S/C14H23NO2/c1-2-13(15)12-8-4-5-9-14(12)17-11-7-3-6-10-16/h4-5,8-9,13,16H,2-3,6-7,10-11,15H2,1H3/t13-/m0/s1. The number of para-hydroxylation sites is 1. The molecule has 0 aliphatic heterocycles. The third-order valence-corrected chi connectivity index (χ3v) is 2.82. The molecular formula is C14H23NO2. The molecule has 1 rings (SSSR count). The van der Waals surface area contributed by atoms with E-state index in [4.69, 9.17) is 15.6 Å². The van der Waals surface area contributed by atoms with Crippen LogP contribution in [0.4, 0.5) is 0 Å². The Morgan fingerprint density at radius 2 is 2.00 bits per heavy atom. The first kappa shape index (κ1) is 14.0. The number of benzene rings is 1. The number of rotatable bonds is 8. The number of hydrogen-bond acceptors (Lipinski definition) is 3. The van der Waals surface area contributed by atoms with E-state index in [1.807, 2.05) is 24.3 Å². The summed E-state index contributed by atoms with van der Waals surface area (Å²) in [6.45, 7) is 3.02.